The van der Waals surface area contributed by atoms with Crippen LogP contribution < -0.4 is 0 Å². The maximum absolute atomic E-state index is 12.1. The normalized spacial score (nSPS) is 43.2. The molecule has 0 N–H and O–H groups in total. The second-order valence-corrected chi connectivity index (χ2v) is 12.3. The fourth-order valence-electron chi connectivity index (χ4n) is 8.75. The fraction of sp³-hybridized carbons (Fsp3) is 0.828. The van der Waals surface area contributed by atoms with Crippen molar-refractivity contribution < 1.29 is 4.79 Å². The third-order valence-corrected chi connectivity index (χ3v) is 10.7. The molecule has 0 spiro atoms. The lowest BCUT2D eigenvalue weighted by molar-refractivity contribution is -0.117. The van der Waals surface area contributed by atoms with Gasteiger partial charge in [-0.25, -0.2) is 0 Å². The molecule has 0 radical (unpaired) electrons. The number of carbonyl (C=O) groups is 1. The molecule has 0 aromatic carbocycles. The Kier molecular flexibility index (Phi) is 6.15. The third-order valence-electron chi connectivity index (χ3n) is 10.7. The van der Waals surface area contributed by atoms with Crippen molar-refractivity contribution in [2.45, 2.75) is 99.3 Å². The number of carbonyl (C=O) groups excluding carboxylic acids is 1. The van der Waals surface area contributed by atoms with E-state index in [1.807, 2.05) is 0 Å². The molecule has 4 aliphatic carbocycles. The molecule has 0 amide bonds. The van der Waals surface area contributed by atoms with Crippen LogP contribution in [0, 0.1) is 52.3 Å². The monoisotopic (exact) mass is 410 g/mol. The van der Waals surface area contributed by atoms with Crippen molar-refractivity contribution >= 4 is 5.78 Å². The molecule has 1 heteroatoms. The van der Waals surface area contributed by atoms with Gasteiger partial charge in [0.2, 0.25) is 0 Å². The van der Waals surface area contributed by atoms with Gasteiger partial charge in [-0.2, -0.15) is 0 Å². The van der Waals surface area contributed by atoms with Gasteiger partial charge in [0.1, 0.15) is 0 Å². The molecule has 3 saturated carbocycles. The van der Waals surface area contributed by atoms with Gasteiger partial charge in [0.25, 0.3) is 0 Å². The average molecular weight is 411 g/mol. The largest absolute Gasteiger partial charge is 0.295 e. The van der Waals surface area contributed by atoms with Crippen molar-refractivity contribution in [1.29, 1.82) is 0 Å². The first-order chi connectivity index (χ1) is 14.2. The summed E-state index contributed by atoms with van der Waals surface area (Å²) in [5.41, 5.74) is 2.34. The number of allylic oxidation sites excluding steroid dienone is 3. The number of fused-ring (bicyclic) bond motifs is 5. The maximum atomic E-state index is 12.1. The molecule has 0 aliphatic heterocycles. The molecular weight excluding hydrogens is 364 g/mol. The van der Waals surface area contributed by atoms with Crippen LogP contribution in [0.2, 0.25) is 0 Å². The zero-order chi connectivity index (χ0) is 21.7. The first-order valence-corrected chi connectivity index (χ1v) is 13.1. The molecule has 4 rings (SSSR count). The minimum atomic E-state index is 0.313. The standard InChI is InChI=1S/C29H46O/c1-7-21(19(2)3)9-8-20(4)25-12-13-26-24-11-10-22-18-23(30)14-16-28(22,5)27(24)15-17-29(25,26)6/h8-9,18-21,24-27H,7,10-17H2,1-6H3/b9-8+/t20-,21-,24-,25+,26-,27-,28-,29+/m0/s1. The molecule has 3 fully saturated rings. The summed E-state index contributed by atoms with van der Waals surface area (Å²) in [7, 11) is 0. The van der Waals surface area contributed by atoms with E-state index in [2.05, 4.69) is 59.8 Å². The zero-order valence-corrected chi connectivity index (χ0v) is 20.5. The van der Waals surface area contributed by atoms with Gasteiger partial charge in [-0.3, -0.25) is 4.79 Å². The topological polar surface area (TPSA) is 17.1 Å². The van der Waals surface area contributed by atoms with Gasteiger partial charge in [0.15, 0.2) is 5.78 Å². The predicted molar refractivity (Wildman–Crippen MR) is 127 cm³/mol. The van der Waals surface area contributed by atoms with Crippen LogP contribution in [-0.2, 0) is 4.79 Å². The fourth-order valence-corrected chi connectivity index (χ4v) is 8.75. The Hall–Kier alpha value is -0.850. The van der Waals surface area contributed by atoms with Gasteiger partial charge >= 0.3 is 0 Å². The van der Waals surface area contributed by atoms with E-state index >= 15 is 0 Å². The van der Waals surface area contributed by atoms with E-state index in [9.17, 15) is 4.79 Å². The highest BCUT2D eigenvalue weighted by molar-refractivity contribution is 5.91. The van der Waals surface area contributed by atoms with Crippen molar-refractivity contribution in [3.05, 3.63) is 23.8 Å². The minimum absolute atomic E-state index is 0.313. The molecule has 0 bridgehead atoms. The number of ketones is 1. The highest BCUT2D eigenvalue weighted by atomic mass is 16.1. The number of hydrogen-bond donors (Lipinski definition) is 0. The Morgan fingerprint density at radius 1 is 1.00 bits per heavy atom. The van der Waals surface area contributed by atoms with Crippen molar-refractivity contribution in [1.82, 2.24) is 0 Å². The van der Waals surface area contributed by atoms with Crippen LogP contribution in [0.4, 0.5) is 0 Å². The molecule has 0 aromatic rings. The molecule has 0 heterocycles. The highest BCUT2D eigenvalue weighted by Gasteiger charge is 2.59. The van der Waals surface area contributed by atoms with E-state index in [1.165, 1.54) is 50.5 Å². The van der Waals surface area contributed by atoms with Crippen molar-refractivity contribution in [3.63, 3.8) is 0 Å². The van der Waals surface area contributed by atoms with E-state index in [0.717, 1.165) is 48.3 Å². The van der Waals surface area contributed by atoms with Crippen LogP contribution in [0.1, 0.15) is 99.3 Å². The van der Waals surface area contributed by atoms with Crippen LogP contribution in [0.5, 0.6) is 0 Å². The quantitative estimate of drug-likeness (QED) is 0.419. The van der Waals surface area contributed by atoms with Gasteiger partial charge in [-0.05, 0) is 110 Å². The molecular formula is C29H46O. The predicted octanol–water partition coefficient (Wildman–Crippen LogP) is 8.01. The lowest BCUT2D eigenvalue weighted by Gasteiger charge is -2.58. The molecule has 0 aromatic heterocycles. The van der Waals surface area contributed by atoms with Crippen molar-refractivity contribution in [2.75, 3.05) is 0 Å². The second-order valence-electron chi connectivity index (χ2n) is 12.3. The summed E-state index contributed by atoms with van der Waals surface area (Å²) >= 11 is 0. The van der Waals surface area contributed by atoms with Gasteiger partial charge < -0.3 is 0 Å². The Balaban J connectivity index is 1.52. The zero-order valence-electron chi connectivity index (χ0n) is 20.5. The van der Waals surface area contributed by atoms with E-state index in [4.69, 9.17) is 0 Å². The average Bonchev–Trinajstić information content (AvgIpc) is 3.06. The Morgan fingerprint density at radius 2 is 1.77 bits per heavy atom. The van der Waals surface area contributed by atoms with Gasteiger partial charge in [0, 0.05) is 6.42 Å². The van der Waals surface area contributed by atoms with Gasteiger partial charge in [-0.15, -0.1) is 0 Å². The summed E-state index contributed by atoms with van der Waals surface area (Å²) in [4.78, 5) is 12.1. The summed E-state index contributed by atoms with van der Waals surface area (Å²) in [5, 5.41) is 0. The summed E-state index contributed by atoms with van der Waals surface area (Å²) in [6.45, 7) is 14.7. The minimum Gasteiger partial charge on any atom is -0.295 e. The first kappa shape index (κ1) is 22.3. The second kappa shape index (κ2) is 8.25. The van der Waals surface area contributed by atoms with E-state index in [-0.39, 0.29) is 0 Å². The van der Waals surface area contributed by atoms with Crippen LogP contribution >= 0.6 is 0 Å². The summed E-state index contributed by atoms with van der Waals surface area (Å²) in [6, 6.07) is 0. The molecule has 8 atom stereocenters. The highest BCUT2D eigenvalue weighted by Crippen LogP contribution is 2.67. The van der Waals surface area contributed by atoms with E-state index in [1.54, 1.807) is 0 Å². The Morgan fingerprint density at radius 3 is 2.47 bits per heavy atom. The molecule has 4 aliphatic rings. The van der Waals surface area contributed by atoms with Crippen molar-refractivity contribution in [2.24, 2.45) is 52.3 Å². The molecule has 0 unspecified atom stereocenters. The van der Waals surface area contributed by atoms with Crippen LogP contribution in [0.25, 0.3) is 0 Å². The molecule has 30 heavy (non-hydrogen) atoms. The van der Waals surface area contributed by atoms with E-state index in [0.29, 0.717) is 22.5 Å². The smallest absolute Gasteiger partial charge is 0.155 e. The van der Waals surface area contributed by atoms with Crippen LogP contribution in [0.3, 0.4) is 0 Å². The van der Waals surface area contributed by atoms with Crippen LogP contribution in [0.15, 0.2) is 23.8 Å². The lowest BCUT2D eigenvalue weighted by Crippen LogP contribution is -2.50. The van der Waals surface area contributed by atoms with Crippen molar-refractivity contribution in [3.8, 4) is 0 Å². The van der Waals surface area contributed by atoms with Gasteiger partial charge in [0.05, 0.1) is 0 Å². The van der Waals surface area contributed by atoms with Gasteiger partial charge in [-0.1, -0.05) is 59.3 Å². The summed E-state index contributed by atoms with van der Waals surface area (Å²) < 4.78 is 0. The SMILES string of the molecule is CC[C@@H](/C=C/[C@H](C)[C@H]1CC[C@H]2[C@@H]3CCC4=CC(=O)CC[C@]4(C)[C@H]3CC[C@]12C)C(C)C. The van der Waals surface area contributed by atoms with E-state index < -0.39 is 0 Å². The summed E-state index contributed by atoms with van der Waals surface area (Å²) in [5.74, 6) is 6.01. The summed E-state index contributed by atoms with van der Waals surface area (Å²) in [6.07, 6.45) is 18.5. The molecule has 168 valence electrons. The number of rotatable bonds is 5. The first-order valence-electron chi connectivity index (χ1n) is 13.1. The third kappa shape index (κ3) is 3.57. The Labute approximate surface area is 186 Å². The van der Waals surface area contributed by atoms with Crippen LogP contribution in [-0.4, -0.2) is 5.78 Å². The molecule has 1 nitrogen and oxygen atoms in total. The maximum Gasteiger partial charge on any atom is 0.155 e. The molecule has 0 saturated heterocycles. The Bertz CT molecular complexity index is 714. The lowest BCUT2D eigenvalue weighted by atomic mass is 9.46. The number of hydrogen-bond acceptors (Lipinski definition) is 1.